The first-order valence-corrected chi connectivity index (χ1v) is 12.3. The van der Waals surface area contributed by atoms with Crippen molar-refractivity contribution >= 4 is 20.9 Å². The van der Waals surface area contributed by atoms with Gasteiger partial charge in [-0.25, -0.2) is 17.8 Å². The summed E-state index contributed by atoms with van der Waals surface area (Å²) in [5, 5.41) is 0.600. The highest BCUT2D eigenvalue weighted by atomic mass is 32.2. The van der Waals surface area contributed by atoms with Crippen molar-refractivity contribution in [2.45, 2.75) is 37.8 Å². The number of aromatic nitrogens is 2. The van der Waals surface area contributed by atoms with E-state index in [-0.39, 0.29) is 16.5 Å². The van der Waals surface area contributed by atoms with Crippen LogP contribution in [0.4, 0.5) is 4.39 Å². The van der Waals surface area contributed by atoms with Crippen LogP contribution in [0.5, 0.6) is 0 Å². The Balaban J connectivity index is 1.59. The highest BCUT2D eigenvalue weighted by Crippen LogP contribution is 2.26. The maximum absolute atomic E-state index is 13.2. The minimum absolute atomic E-state index is 0.0518. The number of nitrogens with zero attached hydrogens (tertiary/aromatic N) is 4. The SMILES string of the molecule is CCC(c1nc2ccccc2c(=O)n1CC)N1CCN(S(=O)(=O)c2ccc(F)cc2)CC1. The van der Waals surface area contributed by atoms with Gasteiger partial charge in [-0.2, -0.15) is 4.31 Å². The minimum Gasteiger partial charge on any atom is -0.295 e. The van der Waals surface area contributed by atoms with Crippen LogP contribution in [0.2, 0.25) is 0 Å². The van der Waals surface area contributed by atoms with E-state index in [9.17, 15) is 17.6 Å². The van der Waals surface area contributed by atoms with Gasteiger partial charge in [0.2, 0.25) is 10.0 Å². The number of hydrogen-bond donors (Lipinski definition) is 0. The van der Waals surface area contributed by atoms with Crippen molar-refractivity contribution < 1.29 is 12.8 Å². The molecule has 4 rings (SSSR count). The molecular formula is C23H27FN4O3S. The standard InChI is InChI=1S/C23H27FN4O3S/c1-3-21(22-25-20-8-6-5-7-19(20)23(29)28(22)4-2)26-13-15-27(16-14-26)32(30,31)18-11-9-17(24)10-12-18/h5-12,21H,3-4,13-16H2,1-2H3. The lowest BCUT2D eigenvalue weighted by Crippen LogP contribution is -2.50. The Morgan fingerprint density at radius 2 is 1.66 bits per heavy atom. The van der Waals surface area contributed by atoms with E-state index in [0.29, 0.717) is 49.5 Å². The third-order valence-electron chi connectivity index (χ3n) is 6.06. The molecular weight excluding hydrogens is 431 g/mol. The monoisotopic (exact) mass is 458 g/mol. The summed E-state index contributed by atoms with van der Waals surface area (Å²) in [4.78, 5) is 20.2. The van der Waals surface area contributed by atoms with Crippen LogP contribution < -0.4 is 5.56 Å². The molecule has 1 saturated heterocycles. The van der Waals surface area contributed by atoms with Crippen LogP contribution in [0.25, 0.3) is 10.9 Å². The van der Waals surface area contributed by atoms with Crippen LogP contribution in [-0.4, -0.2) is 53.4 Å². The zero-order valence-electron chi connectivity index (χ0n) is 18.2. The van der Waals surface area contributed by atoms with Gasteiger partial charge >= 0.3 is 0 Å². The number of piperazine rings is 1. The van der Waals surface area contributed by atoms with E-state index in [1.165, 1.54) is 16.4 Å². The first-order valence-electron chi connectivity index (χ1n) is 10.9. The summed E-state index contributed by atoms with van der Waals surface area (Å²) in [5.74, 6) is 0.248. The van der Waals surface area contributed by atoms with Gasteiger partial charge in [0.05, 0.1) is 21.8 Å². The molecule has 0 bridgehead atoms. The number of sulfonamides is 1. The molecule has 7 nitrogen and oxygen atoms in total. The van der Waals surface area contributed by atoms with Gasteiger partial charge in [0.15, 0.2) is 0 Å². The highest BCUT2D eigenvalue weighted by molar-refractivity contribution is 7.89. The smallest absolute Gasteiger partial charge is 0.261 e. The molecule has 0 aliphatic carbocycles. The lowest BCUT2D eigenvalue weighted by atomic mass is 10.1. The molecule has 0 saturated carbocycles. The van der Waals surface area contributed by atoms with Crippen molar-refractivity contribution in [1.82, 2.24) is 18.8 Å². The van der Waals surface area contributed by atoms with Crippen LogP contribution in [0.1, 0.15) is 32.1 Å². The molecule has 0 radical (unpaired) electrons. The molecule has 1 unspecified atom stereocenters. The zero-order valence-corrected chi connectivity index (χ0v) is 19.1. The summed E-state index contributed by atoms with van der Waals surface area (Å²) in [7, 11) is -3.68. The van der Waals surface area contributed by atoms with E-state index in [4.69, 9.17) is 4.98 Å². The Morgan fingerprint density at radius 3 is 2.28 bits per heavy atom. The molecule has 1 aromatic heterocycles. The van der Waals surface area contributed by atoms with Crippen LogP contribution in [-0.2, 0) is 16.6 Å². The second kappa shape index (κ2) is 9.09. The minimum atomic E-state index is -3.68. The fourth-order valence-electron chi connectivity index (χ4n) is 4.36. The predicted octanol–water partition coefficient (Wildman–Crippen LogP) is 3.01. The number of benzene rings is 2. The molecule has 9 heteroatoms. The van der Waals surface area contributed by atoms with E-state index in [0.717, 1.165) is 18.6 Å². The Bertz CT molecular complexity index is 1270. The molecule has 1 fully saturated rings. The van der Waals surface area contributed by atoms with Gasteiger partial charge in [-0.3, -0.25) is 14.3 Å². The lowest BCUT2D eigenvalue weighted by Gasteiger charge is -2.38. The molecule has 0 amide bonds. The third-order valence-corrected chi connectivity index (χ3v) is 7.97. The summed E-state index contributed by atoms with van der Waals surface area (Å²) in [6.45, 7) is 6.17. The third kappa shape index (κ3) is 4.07. The van der Waals surface area contributed by atoms with Crippen molar-refractivity contribution in [3.05, 3.63) is 70.5 Å². The van der Waals surface area contributed by atoms with Gasteiger partial charge < -0.3 is 0 Å². The molecule has 32 heavy (non-hydrogen) atoms. The average molecular weight is 459 g/mol. The van der Waals surface area contributed by atoms with Gasteiger partial charge in [-0.05, 0) is 49.7 Å². The fraction of sp³-hybridized carbons (Fsp3) is 0.391. The topological polar surface area (TPSA) is 75.5 Å². The molecule has 2 heterocycles. The van der Waals surface area contributed by atoms with E-state index in [1.807, 2.05) is 32.0 Å². The van der Waals surface area contributed by atoms with Gasteiger partial charge in [0.1, 0.15) is 11.6 Å². The Kier molecular flexibility index (Phi) is 6.41. The highest BCUT2D eigenvalue weighted by Gasteiger charge is 2.32. The number of hydrogen-bond acceptors (Lipinski definition) is 5. The van der Waals surface area contributed by atoms with Crippen LogP contribution in [0.3, 0.4) is 0 Å². The summed E-state index contributed by atoms with van der Waals surface area (Å²) in [5.41, 5.74) is 0.622. The molecule has 1 aliphatic heterocycles. The molecule has 170 valence electrons. The predicted molar refractivity (Wildman–Crippen MR) is 121 cm³/mol. The molecule has 2 aromatic carbocycles. The normalized spacial score (nSPS) is 17.0. The van der Waals surface area contributed by atoms with Crippen LogP contribution in [0, 0.1) is 5.82 Å². The molecule has 0 N–H and O–H groups in total. The van der Waals surface area contributed by atoms with Gasteiger partial charge in [-0.15, -0.1) is 0 Å². The first kappa shape index (κ1) is 22.6. The summed E-state index contributed by atoms with van der Waals surface area (Å²) in [6, 6.07) is 12.2. The van der Waals surface area contributed by atoms with Crippen molar-refractivity contribution in [3.63, 3.8) is 0 Å². The van der Waals surface area contributed by atoms with Crippen molar-refractivity contribution in [2.24, 2.45) is 0 Å². The Hall–Kier alpha value is -2.62. The van der Waals surface area contributed by atoms with Gasteiger partial charge in [-0.1, -0.05) is 19.1 Å². The number of para-hydroxylation sites is 1. The number of halogens is 1. The van der Waals surface area contributed by atoms with E-state index >= 15 is 0 Å². The van der Waals surface area contributed by atoms with Gasteiger partial charge in [0.25, 0.3) is 5.56 Å². The van der Waals surface area contributed by atoms with Crippen molar-refractivity contribution in [3.8, 4) is 0 Å². The fourth-order valence-corrected chi connectivity index (χ4v) is 5.78. The van der Waals surface area contributed by atoms with Gasteiger partial charge in [0, 0.05) is 32.7 Å². The Labute approximate surface area is 187 Å². The lowest BCUT2D eigenvalue weighted by molar-refractivity contribution is 0.125. The maximum atomic E-state index is 13.2. The molecule has 1 aliphatic rings. The molecule has 0 spiro atoms. The number of fused-ring (bicyclic) bond motifs is 1. The van der Waals surface area contributed by atoms with E-state index in [1.54, 1.807) is 10.6 Å². The Morgan fingerprint density at radius 1 is 1.00 bits per heavy atom. The largest absolute Gasteiger partial charge is 0.295 e. The second-order valence-corrected chi connectivity index (χ2v) is 9.79. The zero-order chi connectivity index (χ0) is 22.9. The quantitative estimate of drug-likeness (QED) is 0.568. The number of rotatable bonds is 6. The van der Waals surface area contributed by atoms with Crippen LogP contribution in [0.15, 0.2) is 58.2 Å². The average Bonchev–Trinajstić information content (AvgIpc) is 2.80. The first-order chi connectivity index (χ1) is 15.4. The van der Waals surface area contributed by atoms with Crippen LogP contribution >= 0.6 is 0 Å². The van der Waals surface area contributed by atoms with Crippen molar-refractivity contribution in [2.75, 3.05) is 26.2 Å². The van der Waals surface area contributed by atoms with E-state index in [2.05, 4.69) is 4.90 Å². The van der Waals surface area contributed by atoms with Crippen molar-refractivity contribution in [1.29, 1.82) is 0 Å². The summed E-state index contributed by atoms with van der Waals surface area (Å²) >= 11 is 0. The molecule has 1 atom stereocenters. The van der Waals surface area contributed by atoms with E-state index < -0.39 is 15.8 Å². The summed E-state index contributed by atoms with van der Waals surface area (Å²) in [6.07, 6.45) is 0.746. The second-order valence-electron chi connectivity index (χ2n) is 7.85. The maximum Gasteiger partial charge on any atom is 0.261 e. The summed E-state index contributed by atoms with van der Waals surface area (Å²) < 4.78 is 42.2. The molecule has 3 aromatic rings.